The van der Waals surface area contributed by atoms with E-state index in [0.717, 1.165) is 44.9 Å². The van der Waals surface area contributed by atoms with Gasteiger partial charge in [0.2, 0.25) is 5.91 Å². The normalized spacial score (nSPS) is 12.6. The number of ether oxygens (including phenoxy) is 1. The predicted octanol–water partition coefficient (Wildman–Crippen LogP) is 13.8. The number of carbonyl (C=O) groups is 3. The zero-order valence-corrected chi connectivity index (χ0v) is 36.5. The number of hydrogen-bond donors (Lipinski definition) is 3. The standard InChI is InChI=1S/C48H92N2O5/c1-3-5-7-9-11-13-14-15-16-17-18-19-20-21-22-23-24-25-26-28-30-36-42-47(52)55-44(38-33-29-27-12-10-8-6-4-2)39-34-31-32-35-41-46(51)50-45(48(53)54)40-37-43-49/h33,38,44-45H,3-32,34-37,39-43,49H2,1-2H3,(H,50,51)(H,53,54)/b38-33-. The minimum Gasteiger partial charge on any atom is -0.480 e. The molecule has 0 saturated carbocycles. The largest absolute Gasteiger partial charge is 0.480 e. The second-order valence-corrected chi connectivity index (χ2v) is 16.5. The van der Waals surface area contributed by atoms with Crippen LogP contribution in [0.5, 0.6) is 0 Å². The number of carboxylic acids is 1. The number of hydrogen-bond acceptors (Lipinski definition) is 5. The molecule has 0 aromatic rings. The number of unbranched alkanes of at least 4 members (excludes halogenated alkanes) is 30. The summed E-state index contributed by atoms with van der Waals surface area (Å²) in [5.41, 5.74) is 5.49. The van der Waals surface area contributed by atoms with Gasteiger partial charge in [-0.2, -0.15) is 0 Å². The molecule has 0 aliphatic carbocycles. The number of allylic oxidation sites excluding steroid dienone is 1. The first-order valence-corrected chi connectivity index (χ1v) is 24.0. The quantitative estimate of drug-likeness (QED) is 0.0322. The molecular formula is C48H92N2O5. The number of rotatable bonds is 44. The van der Waals surface area contributed by atoms with Gasteiger partial charge >= 0.3 is 11.9 Å². The van der Waals surface area contributed by atoms with Gasteiger partial charge in [-0.3, -0.25) is 9.59 Å². The van der Waals surface area contributed by atoms with Crippen molar-refractivity contribution in [2.45, 2.75) is 270 Å². The average molecular weight is 777 g/mol. The summed E-state index contributed by atoms with van der Waals surface area (Å²) >= 11 is 0. The van der Waals surface area contributed by atoms with Crippen LogP contribution < -0.4 is 11.1 Å². The van der Waals surface area contributed by atoms with E-state index in [9.17, 15) is 19.5 Å². The minimum atomic E-state index is -1.01. The van der Waals surface area contributed by atoms with Gasteiger partial charge in [0.1, 0.15) is 12.1 Å². The van der Waals surface area contributed by atoms with Gasteiger partial charge in [-0.15, -0.1) is 0 Å². The van der Waals surface area contributed by atoms with Gasteiger partial charge in [0, 0.05) is 12.8 Å². The molecule has 324 valence electrons. The Kier molecular flexibility index (Phi) is 41.8. The molecule has 0 aromatic carbocycles. The summed E-state index contributed by atoms with van der Waals surface area (Å²) in [5.74, 6) is -1.31. The fourth-order valence-corrected chi connectivity index (χ4v) is 7.42. The van der Waals surface area contributed by atoms with Crippen molar-refractivity contribution in [1.82, 2.24) is 5.32 Å². The summed E-state index contributed by atoms with van der Waals surface area (Å²) < 4.78 is 5.95. The van der Waals surface area contributed by atoms with Crippen LogP contribution in [-0.2, 0) is 19.1 Å². The van der Waals surface area contributed by atoms with Crippen molar-refractivity contribution in [2.75, 3.05) is 6.54 Å². The zero-order valence-electron chi connectivity index (χ0n) is 36.5. The fourth-order valence-electron chi connectivity index (χ4n) is 7.42. The molecule has 0 fully saturated rings. The van der Waals surface area contributed by atoms with E-state index in [1.165, 1.54) is 167 Å². The van der Waals surface area contributed by atoms with E-state index in [4.69, 9.17) is 10.5 Å². The van der Waals surface area contributed by atoms with E-state index in [1.54, 1.807) is 0 Å². The van der Waals surface area contributed by atoms with Gasteiger partial charge in [0.05, 0.1) is 0 Å². The van der Waals surface area contributed by atoms with Crippen LogP contribution in [0.3, 0.4) is 0 Å². The first kappa shape index (κ1) is 53.1. The van der Waals surface area contributed by atoms with Crippen molar-refractivity contribution in [3.63, 3.8) is 0 Å². The molecule has 4 N–H and O–H groups in total. The molecule has 55 heavy (non-hydrogen) atoms. The first-order chi connectivity index (χ1) is 26.9. The van der Waals surface area contributed by atoms with Crippen molar-refractivity contribution < 1.29 is 24.2 Å². The Balaban J connectivity index is 4.06. The SMILES string of the molecule is CCCCCCCC/C=C\C(CCCCCCC(=O)NC(CCCN)C(=O)O)OC(=O)CCCCCCCCCCCCCCCCCCCCCCCC. The van der Waals surface area contributed by atoms with Crippen LogP contribution in [-0.4, -0.2) is 41.6 Å². The Morgan fingerprint density at radius 2 is 0.927 bits per heavy atom. The lowest BCUT2D eigenvalue weighted by Gasteiger charge is -2.15. The molecule has 1 amide bonds. The molecule has 0 saturated heterocycles. The van der Waals surface area contributed by atoms with Crippen LogP contribution in [0.2, 0.25) is 0 Å². The Hall–Kier alpha value is -1.89. The lowest BCUT2D eigenvalue weighted by atomic mass is 10.0. The molecule has 2 unspecified atom stereocenters. The number of aliphatic carboxylic acids is 1. The third kappa shape index (κ3) is 40.1. The van der Waals surface area contributed by atoms with Gasteiger partial charge in [-0.1, -0.05) is 200 Å². The molecule has 2 atom stereocenters. The molecule has 0 bridgehead atoms. The number of carbonyl (C=O) groups excluding carboxylic acids is 2. The number of nitrogens with two attached hydrogens (primary N) is 1. The first-order valence-electron chi connectivity index (χ1n) is 24.0. The van der Waals surface area contributed by atoms with Gasteiger partial charge in [0.25, 0.3) is 0 Å². The lowest BCUT2D eigenvalue weighted by molar-refractivity contribution is -0.147. The molecule has 0 aliphatic rings. The average Bonchev–Trinajstić information content (AvgIpc) is 3.17. The fraction of sp³-hybridized carbons (Fsp3) is 0.896. The van der Waals surface area contributed by atoms with Crippen molar-refractivity contribution in [3.05, 3.63) is 12.2 Å². The van der Waals surface area contributed by atoms with Gasteiger partial charge in [-0.05, 0) is 64.0 Å². The highest BCUT2D eigenvalue weighted by Gasteiger charge is 2.19. The minimum absolute atomic E-state index is 0.0818. The molecule has 0 aromatic heterocycles. The molecule has 0 aliphatic heterocycles. The van der Waals surface area contributed by atoms with Crippen LogP contribution in [0, 0.1) is 0 Å². The highest BCUT2D eigenvalue weighted by atomic mass is 16.5. The van der Waals surface area contributed by atoms with E-state index < -0.39 is 12.0 Å². The topological polar surface area (TPSA) is 119 Å². The van der Waals surface area contributed by atoms with Crippen molar-refractivity contribution in [3.8, 4) is 0 Å². The summed E-state index contributed by atoms with van der Waals surface area (Å²) in [7, 11) is 0. The molecule has 0 rings (SSSR count). The van der Waals surface area contributed by atoms with Crippen molar-refractivity contribution in [2.24, 2.45) is 5.73 Å². The lowest BCUT2D eigenvalue weighted by Crippen LogP contribution is -2.40. The van der Waals surface area contributed by atoms with Gasteiger partial charge in [0.15, 0.2) is 0 Å². The summed E-state index contributed by atoms with van der Waals surface area (Å²) in [4.78, 5) is 36.4. The van der Waals surface area contributed by atoms with E-state index in [0.29, 0.717) is 38.6 Å². The molecule has 0 radical (unpaired) electrons. The molecular weight excluding hydrogens is 685 g/mol. The van der Waals surface area contributed by atoms with Gasteiger partial charge < -0.3 is 20.9 Å². The van der Waals surface area contributed by atoms with Crippen LogP contribution in [0.25, 0.3) is 0 Å². The summed E-state index contributed by atoms with van der Waals surface area (Å²) in [6.07, 6.45) is 48.6. The molecule has 7 heteroatoms. The summed E-state index contributed by atoms with van der Waals surface area (Å²) in [5, 5.41) is 11.9. The third-order valence-corrected chi connectivity index (χ3v) is 11.1. The van der Waals surface area contributed by atoms with Crippen LogP contribution in [0.15, 0.2) is 12.2 Å². The second-order valence-electron chi connectivity index (χ2n) is 16.5. The summed E-state index contributed by atoms with van der Waals surface area (Å²) in [6, 6.07) is -0.868. The maximum Gasteiger partial charge on any atom is 0.326 e. The van der Waals surface area contributed by atoms with Crippen LogP contribution in [0.4, 0.5) is 0 Å². The van der Waals surface area contributed by atoms with E-state index in [1.807, 2.05) is 0 Å². The highest BCUT2D eigenvalue weighted by Crippen LogP contribution is 2.17. The van der Waals surface area contributed by atoms with Gasteiger partial charge in [-0.25, -0.2) is 4.79 Å². The molecule has 7 nitrogen and oxygen atoms in total. The Bertz CT molecular complexity index is 878. The van der Waals surface area contributed by atoms with E-state index >= 15 is 0 Å². The highest BCUT2D eigenvalue weighted by molar-refractivity contribution is 5.83. The molecule has 0 heterocycles. The maximum atomic E-state index is 12.8. The number of nitrogens with one attached hydrogen (secondary N) is 1. The number of carboxylic acid groups (broad SMARTS) is 1. The van der Waals surface area contributed by atoms with Crippen molar-refractivity contribution >= 4 is 17.8 Å². The Morgan fingerprint density at radius 3 is 1.36 bits per heavy atom. The smallest absolute Gasteiger partial charge is 0.326 e. The van der Waals surface area contributed by atoms with E-state index in [2.05, 4.69) is 31.3 Å². The third-order valence-electron chi connectivity index (χ3n) is 11.1. The Labute approximate surface area is 340 Å². The number of esters is 1. The van der Waals surface area contributed by atoms with E-state index in [-0.39, 0.29) is 18.0 Å². The zero-order chi connectivity index (χ0) is 40.3. The number of amides is 1. The van der Waals surface area contributed by atoms with Crippen LogP contribution in [0.1, 0.15) is 258 Å². The van der Waals surface area contributed by atoms with Crippen LogP contribution >= 0.6 is 0 Å². The second kappa shape index (κ2) is 43.2. The molecule has 0 spiro atoms. The predicted molar refractivity (Wildman–Crippen MR) is 234 cm³/mol. The van der Waals surface area contributed by atoms with Crippen molar-refractivity contribution in [1.29, 1.82) is 0 Å². The monoisotopic (exact) mass is 777 g/mol. The summed E-state index contributed by atoms with van der Waals surface area (Å²) in [6.45, 7) is 4.94. The maximum absolute atomic E-state index is 12.8. The Morgan fingerprint density at radius 1 is 0.527 bits per heavy atom.